The third-order valence-corrected chi connectivity index (χ3v) is 3.70. The summed E-state index contributed by atoms with van der Waals surface area (Å²) >= 11 is 12.0. The molecule has 1 aromatic heterocycles. The fourth-order valence-electron chi connectivity index (χ4n) is 1.73. The van der Waals surface area contributed by atoms with Crippen molar-refractivity contribution in [2.24, 2.45) is 5.92 Å². The largest absolute Gasteiger partial charge is 0.244 e. The average Bonchev–Trinajstić information content (AvgIpc) is 2.64. The minimum absolute atomic E-state index is 0.297. The van der Waals surface area contributed by atoms with Crippen LogP contribution >= 0.6 is 23.2 Å². The Kier molecular flexibility index (Phi) is 1.94. The summed E-state index contributed by atoms with van der Waals surface area (Å²) < 4.78 is 1.32. The highest BCUT2D eigenvalue weighted by molar-refractivity contribution is 6.50. The molecule has 0 aliphatic heterocycles. The Hall–Kier alpha value is -0.800. The molecule has 0 radical (unpaired) electrons. The zero-order chi connectivity index (χ0) is 10.5. The molecule has 3 nitrogen and oxygen atoms in total. The highest BCUT2D eigenvalue weighted by Crippen LogP contribution is 2.53. The first kappa shape index (κ1) is 9.43. The highest BCUT2D eigenvalue weighted by Gasteiger charge is 2.51. The lowest BCUT2D eigenvalue weighted by Crippen LogP contribution is -2.05. The lowest BCUT2D eigenvalue weighted by atomic mass is 10.3. The summed E-state index contributed by atoms with van der Waals surface area (Å²) in [5, 5.41) is 8.16. The summed E-state index contributed by atoms with van der Waals surface area (Å²) in [6.45, 7) is 0.744. The van der Waals surface area contributed by atoms with Crippen molar-refractivity contribution in [3.8, 4) is 0 Å². The Morgan fingerprint density at radius 3 is 2.87 bits per heavy atom. The number of aromatic nitrogens is 3. The highest BCUT2D eigenvalue weighted by atomic mass is 35.5. The number of hydrogen-bond donors (Lipinski definition) is 0. The van der Waals surface area contributed by atoms with Crippen molar-refractivity contribution in [1.29, 1.82) is 0 Å². The van der Waals surface area contributed by atoms with Crippen LogP contribution in [-0.4, -0.2) is 19.3 Å². The van der Waals surface area contributed by atoms with Gasteiger partial charge in [-0.05, 0) is 18.6 Å². The second-order valence-corrected chi connectivity index (χ2v) is 5.46. The van der Waals surface area contributed by atoms with E-state index in [0.717, 1.165) is 24.0 Å². The van der Waals surface area contributed by atoms with E-state index in [1.807, 2.05) is 28.9 Å². The SMILES string of the molecule is ClC1(Cl)CC1Cn1nnc2ccccc21. The number of alkyl halides is 2. The molecule has 0 N–H and O–H groups in total. The van der Waals surface area contributed by atoms with Gasteiger partial charge in [-0.3, -0.25) is 0 Å². The molecule has 1 atom stereocenters. The van der Waals surface area contributed by atoms with Crippen LogP contribution in [0.4, 0.5) is 0 Å². The summed E-state index contributed by atoms with van der Waals surface area (Å²) in [7, 11) is 0. The smallest absolute Gasteiger partial charge is 0.123 e. The number of hydrogen-bond acceptors (Lipinski definition) is 2. The Bertz CT molecular complexity index is 506. The van der Waals surface area contributed by atoms with Crippen LogP contribution in [0.25, 0.3) is 11.0 Å². The van der Waals surface area contributed by atoms with Gasteiger partial charge in [-0.2, -0.15) is 0 Å². The van der Waals surface area contributed by atoms with Gasteiger partial charge in [0.1, 0.15) is 9.85 Å². The number of benzene rings is 1. The van der Waals surface area contributed by atoms with Gasteiger partial charge in [0, 0.05) is 12.5 Å². The molecule has 5 heteroatoms. The summed E-state index contributed by atoms with van der Waals surface area (Å²) in [5.41, 5.74) is 1.95. The number of halogens is 2. The van der Waals surface area contributed by atoms with Gasteiger partial charge in [0.25, 0.3) is 0 Å². The van der Waals surface area contributed by atoms with Gasteiger partial charge >= 0.3 is 0 Å². The Labute approximate surface area is 97.0 Å². The second-order valence-electron chi connectivity index (χ2n) is 3.92. The van der Waals surface area contributed by atoms with Crippen LogP contribution in [0.3, 0.4) is 0 Å². The van der Waals surface area contributed by atoms with E-state index < -0.39 is 4.33 Å². The minimum atomic E-state index is -0.549. The van der Waals surface area contributed by atoms with Crippen molar-refractivity contribution < 1.29 is 0 Å². The van der Waals surface area contributed by atoms with Gasteiger partial charge in [-0.25, -0.2) is 4.68 Å². The van der Waals surface area contributed by atoms with E-state index in [9.17, 15) is 0 Å². The van der Waals surface area contributed by atoms with Crippen molar-refractivity contribution in [2.75, 3.05) is 0 Å². The maximum absolute atomic E-state index is 5.98. The molecule has 1 aliphatic rings. The van der Waals surface area contributed by atoms with Crippen molar-refractivity contribution >= 4 is 34.2 Å². The summed E-state index contributed by atoms with van der Waals surface area (Å²) in [6.07, 6.45) is 0.838. The first-order valence-corrected chi connectivity index (χ1v) is 5.58. The standard InChI is InChI=1S/C10H9Cl2N3/c11-10(12)5-7(10)6-15-9-4-2-1-3-8(9)13-14-15/h1-4,7H,5-6H2. The molecule has 15 heavy (non-hydrogen) atoms. The van der Waals surface area contributed by atoms with E-state index in [4.69, 9.17) is 23.2 Å². The summed E-state index contributed by atoms with van der Waals surface area (Å²) in [4.78, 5) is 0. The fraction of sp³-hybridized carbons (Fsp3) is 0.400. The van der Waals surface area contributed by atoms with Crippen LogP contribution in [0.2, 0.25) is 0 Å². The number of para-hydroxylation sites is 1. The van der Waals surface area contributed by atoms with Gasteiger partial charge in [-0.1, -0.05) is 17.3 Å². The normalized spacial score (nSPS) is 23.2. The minimum Gasteiger partial charge on any atom is -0.244 e. The van der Waals surface area contributed by atoms with E-state index in [1.54, 1.807) is 0 Å². The van der Waals surface area contributed by atoms with E-state index in [2.05, 4.69) is 10.3 Å². The molecule has 78 valence electrons. The van der Waals surface area contributed by atoms with E-state index >= 15 is 0 Å². The predicted octanol–water partition coefficient (Wildman–Crippen LogP) is 2.63. The van der Waals surface area contributed by atoms with Gasteiger partial charge in [-0.15, -0.1) is 28.3 Å². The quantitative estimate of drug-likeness (QED) is 0.758. The molecule has 0 saturated heterocycles. The maximum Gasteiger partial charge on any atom is 0.123 e. The Morgan fingerprint density at radius 1 is 1.40 bits per heavy atom. The van der Waals surface area contributed by atoms with Crippen molar-refractivity contribution in [1.82, 2.24) is 15.0 Å². The zero-order valence-corrected chi connectivity index (χ0v) is 9.41. The molecular formula is C10H9Cl2N3. The van der Waals surface area contributed by atoms with E-state index in [0.29, 0.717) is 5.92 Å². The second kappa shape index (κ2) is 3.09. The molecule has 0 bridgehead atoms. The van der Waals surface area contributed by atoms with E-state index in [-0.39, 0.29) is 0 Å². The Morgan fingerprint density at radius 2 is 2.13 bits per heavy atom. The summed E-state index contributed by atoms with van der Waals surface area (Å²) in [6, 6.07) is 7.87. The van der Waals surface area contributed by atoms with Crippen molar-refractivity contribution in [2.45, 2.75) is 17.3 Å². The number of fused-ring (bicyclic) bond motifs is 1. The molecule has 1 fully saturated rings. The van der Waals surface area contributed by atoms with Crippen molar-refractivity contribution in [3.05, 3.63) is 24.3 Å². The average molecular weight is 242 g/mol. The molecule has 1 aliphatic carbocycles. The molecule has 1 unspecified atom stereocenters. The predicted molar refractivity (Wildman–Crippen MR) is 60.1 cm³/mol. The van der Waals surface area contributed by atoms with Crippen LogP contribution in [-0.2, 0) is 6.54 Å². The van der Waals surface area contributed by atoms with Gasteiger partial charge in [0.2, 0.25) is 0 Å². The Balaban J connectivity index is 1.92. The zero-order valence-electron chi connectivity index (χ0n) is 7.90. The third kappa shape index (κ3) is 1.60. The molecule has 1 heterocycles. The number of nitrogens with zero attached hydrogens (tertiary/aromatic N) is 3. The molecular weight excluding hydrogens is 233 g/mol. The summed E-state index contributed by atoms with van der Waals surface area (Å²) in [5.74, 6) is 0.297. The third-order valence-electron chi connectivity index (χ3n) is 2.77. The van der Waals surface area contributed by atoms with Gasteiger partial charge in [0.05, 0.1) is 5.52 Å². The molecule has 1 saturated carbocycles. The molecule has 1 aromatic carbocycles. The topological polar surface area (TPSA) is 30.7 Å². The lowest BCUT2D eigenvalue weighted by Gasteiger charge is -2.01. The van der Waals surface area contributed by atoms with E-state index in [1.165, 1.54) is 0 Å². The lowest BCUT2D eigenvalue weighted by molar-refractivity contribution is 0.555. The molecule has 0 spiro atoms. The first-order chi connectivity index (χ1) is 7.17. The molecule has 3 rings (SSSR count). The van der Waals surface area contributed by atoms with Crippen LogP contribution in [0.1, 0.15) is 6.42 Å². The van der Waals surface area contributed by atoms with Gasteiger partial charge < -0.3 is 0 Å². The molecule has 0 amide bonds. The van der Waals surface area contributed by atoms with Crippen LogP contribution in [0.5, 0.6) is 0 Å². The van der Waals surface area contributed by atoms with Gasteiger partial charge in [0.15, 0.2) is 0 Å². The first-order valence-electron chi connectivity index (χ1n) is 4.83. The monoisotopic (exact) mass is 241 g/mol. The van der Waals surface area contributed by atoms with Crippen molar-refractivity contribution in [3.63, 3.8) is 0 Å². The number of rotatable bonds is 2. The maximum atomic E-state index is 5.98. The van der Waals surface area contributed by atoms with Crippen LogP contribution < -0.4 is 0 Å². The fourth-order valence-corrected chi connectivity index (χ4v) is 2.24. The molecule has 2 aromatic rings. The van der Waals surface area contributed by atoms with Crippen LogP contribution in [0.15, 0.2) is 24.3 Å². The van der Waals surface area contributed by atoms with Crippen LogP contribution in [0, 0.1) is 5.92 Å².